The molecule has 546 valence electrons. The number of hydrogen-bond donors (Lipinski definition) is 3. The van der Waals surface area contributed by atoms with Crippen LogP contribution in [0.5, 0.6) is 0 Å². The monoisotopic (exact) mass is 1350 g/mol. The van der Waals surface area contributed by atoms with Crippen molar-refractivity contribution in [1.82, 2.24) is 0 Å². The van der Waals surface area contributed by atoms with Gasteiger partial charge in [-0.2, -0.15) is 0 Å². The summed E-state index contributed by atoms with van der Waals surface area (Å²) in [7, 11) is -9.90. The van der Waals surface area contributed by atoms with Gasteiger partial charge in [-0.25, -0.2) is 9.13 Å². The number of carbonyl (C=O) groups excluding carboxylic acids is 4. The summed E-state index contributed by atoms with van der Waals surface area (Å²) in [5.74, 6) is 0.251. The van der Waals surface area contributed by atoms with Crippen molar-refractivity contribution in [3.63, 3.8) is 0 Å². The maximum Gasteiger partial charge on any atom is 0.472 e. The molecule has 3 N–H and O–H groups in total. The predicted octanol–water partition coefficient (Wildman–Crippen LogP) is 21.0. The van der Waals surface area contributed by atoms with Gasteiger partial charge in [-0.05, 0) is 43.4 Å². The molecule has 0 aromatic carbocycles. The van der Waals surface area contributed by atoms with E-state index in [-0.39, 0.29) is 25.7 Å². The van der Waals surface area contributed by atoms with Crippen LogP contribution >= 0.6 is 15.6 Å². The zero-order chi connectivity index (χ0) is 68.0. The van der Waals surface area contributed by atoms with Crippen molar-refractivity contribution < 1.29 is 80.2 Å². The minimum atomic E-state index is -4.95. The van der Waals surface area contributed by atoms with E-state index < -0.39 is 97.5 Å². The van der Waals surface area contributed by atoms with Gasteiger partial charge in [-0.3, -0.25) is 37.3 Å². The lowest BCUT2D eigenvalue weighted by atomic mass is 9.99. The highest BCUT2D eigenvalue weighted by molar-refractivity contribution is 7.47. The summed E-state index contributed by atoms with van der Waals surface area (Å²) in [5, 5.41) is 10.6. The second-order valence-corrected chi connectivity index (χ2v) is 30.4. The Morgan fingerprint density at radius 3 is 0.826 bits per heavy atom. The molecule has 0 rings (SSSR count). The molecule has 0 aliphatic carbocycles. The molecule has 0 fully saturated rings. The molecule has 92 heavy (non-hydrogen) atoms. The average molecular weight is 1350 g/mol. The van der Waals surface area contributed by atoms with Crippen LogP contribution < -0.4 is 0 Å². The van der Waals surface area contributed by atoms with Crippen LogP contribution in [0.3, 0.4) is 0 Å². The van der Waals surface area contributed by atoms with Crippen molar-refractivity contribution in [1.29, 1.82) is 0 Å². The minimum Gasteiger partial charge on any atom is -0.462 e. The van der Waals surface area contributed by atoms with Gasteiger partial charge in [0.1, 0.15) is 19.3 Å². The van der Waals surface area contributed by atoms with Gasteiger partial charge in [0, 0.05) is 25.7 Å². The fourth-order valence-corrected chi connectivity index (χ4v) is 12.6. The largest absolute Gasteiger partial charge is 0.472 e. The van der Waals surface area contributed by atoms with Crippen LogP contribution in [0.4, 0.5) is 0 Å². The van der Waals surface area contributed by atoms with Crippen molar-refractivity contribution in [2.45, 2.75) is 388 Å². The number of phosphoric acid groups is 2. The Balaban J connectivity index is 5.15. The first-order chi connectivity index (χ1) is 44.3. The third-order valence-corrected chi connectivity index (χ3v) is 19.1. The zero-order valence-corrected chi connectivity index (χ0v) is 61.8. The molecule has 0 aliphatic rings. The van der Waals surface area contributed by atoms with Crippen LogP contribution in [-0.2, 0) is 65.4 Å². The van der Waals surface area contributed by atoms with Gasteiger partial charge in [-0.1, -0.05) is 318 Å². The fraction of sp³-hybridized carbons (Fsp3) is 0.945. The van der Waals surface area contributed by atoms with Crippen molar-refractivity contribution in [3.05, 3.63) is 0 Å². The average Bonchev–Trinajstić information content (AvgIpc) is 2.55. The summed E-state index contributed by atoms with van der Waals surface area (Å²) in [6.45, 7) is 11.8. The number of hydrogen-bond acceptors (Lipinski definition) is 15. The second-order valence-electron chi connectivity index (χ2n) is 27.5. The van der Waals surface area contributed by atoms with Gasteiger partial charge in [-0.15, -0.1) is 0 Å². The Morgan fingerprint density at radius 1 is 0.315 bits per heavy atom. The summed E-state index contributed by atoms with van der Waals surface area (Å²) < 4.78 is 68.2. The molecule has 0 aliphatic heterocycles. The molecule has 0 amide bonds. The van der Waals surface area contributed by atoms with Gasteiger partial charge in [0.05, 0.1) is 26.4 Å². The Kier molecular flexibility index (Phi) is 62.4. The van der Waals surface area contributed by atoms with E-state index in [2.05, 4.69) is 48.5 Å². The molecule has 0 saturated heterocycles. The molecule has 0 radical (unpaired) electrons. The van der Waals surface area contributed by atoms with Gasteiger partial charge in [0.2, 0.25) is 0 Å². The van der Waals surface area contributed by atoms with Gasteiger partial charge < -0.3 is 33.8 Å². The smallest absolute Gasteiger partial charge is 0.462 e. The topological polar surface area (TPSA) is 237 Å². The van der Waals surface area contributed by atoms with E-state index >= 15 is 0 Å². The molecule has 0 aromatic rings. The van der Waals surface area contributed by atoms with Crippen LogP contribution in [0.15, 0.2) is 0 Å². The Bertz CT molecular complexity index is 1800. The summed E-state index contributed by atoms with van der Waals surface area (Å²) in [5.41, 5.74) is 0. The summed E-state index contributed by atoms with van der Waals surface area (Å²) in [6.07, 6.45) is 48.9. The SMILES string of the molecule is CCCCCCCC(=O)OC[C@H](COP(=O)(O)OC[C@H](O)COP(=O)(O)OC[C@@H](COC(=O)CCCCCCCCCCCCCC(C)C)OC(=O)CCCCCCCCCCCCCCCCCCC(C)C)OC(=O)CCCCCCCCCCCCC(C)CC. The molecule has 17 nitrogen and oxygen atoms in total. The first-order valence-corrected chi connectivity index (χ1v) is 40.9. The maximum absolute atomic E-state index is 13.0. The Morgan fingerprint density at radius 2 is 0.554 bits per heavy atom. The molecule has 0 saturated carbocycles. The van der Waals surface area contributed by atoms with Crippen molar-refractivity contribution >= 4 is 39.5 Å². The van der Waals surface area contributed by atoms with E-state index in [0.717, 1.165) is 114 Å². The molecule has 0 spiro atoms. The van der Waals surface area contributed by atoms with E-state index in [4.69, 9.17) is 37.0 Å². The Hall–Kier alpha value is -1.94. The second kappa shape index (κ2) is 63.8. The third kappa shape index (κ3) is 65.4. The number of unbranched alkanes of at least 4 members (excludes halogenated alkanes) is 38. The van der Waals surface area contributed by atoms with Gasteiger partial charge in [0.15, 0.2) is 12.2 Å². The van der Waals surface area contributed by atoms with Crippen molar-refractivity contribution in [2.75, 3.05) is 39.6 Å². The van der Waals surface area contributed by atoms with E-state index in [1.54, 1.807) is 0 Å². The quantitative estimate of drug-likeness (QED) is 0.0222. The molecule has 0 aromatic heterocycles. The number of esters is 4. The molecule has 0 bridgehead atoms. The van der Waals surface area contributed by atoms with Crippen molar-refractivity contribution in [2.24, 2.45) is 17.8 Å². The first-order valence-electron chi connectivity index (χ1n) is 37.9. The summed E-state index contributed by atoms with van der Waals surface area (Å²) in [4.78, 5) is 72.4. The lowest BCUT2D eigenvalue weighted by Crippen LogP contribution is -2.30. The van der Waals surface area contributed by atoms with Gasteiger partial charge in [0.25, 0.3) is 0 Å². The predicted molar refractivity (Wildman–Crippen MR) is 372 cm³/mol. The first kappa shape index (κ1) is 90.1. The number of rotatable bonds is 71. The maximum atomic E-state index is 13.0. The third-order valence-electron chi connectivity index (χ3n) is 17.2. The number of ether oxygens (including phenoxy) is 4. The molecular formula is C73H142O17P2. The van der Waals surface area contributed by atoms with Crippen LogP contribution in [0, 0.1) is 17.8 Å². The Labute approximate surface area is 562 Å². The molecule has 19 heteroatoms. The fourth-order valence-electron chi connectivity index (χ4n) is 11.0. The molecule has 0 heterocycles. The van der Waals surface area contributed by atoms with Crippen LogP contribution in [0.2, 0.25) is 0 Å². The molecule has 3 unspecified atom stereocenters. The zero-order valence-electron chi connectivity index (χ0n) is 60.0. The van der Waals surface area contributed by atoms with Gasteiger partial charge >= 0.3 is 39.5 Å². The van der Waals surface area contributed by atoms with E-state index in [1.165, 1.54) is 173 Å². The van der Waals surface area contributed by atoms with E-state index in [0.29, 0.717) is 25.7 Å². The number of phosphoric ester groups is 2. The van der Waals surface area contributed by atoms with E-state index in [9.17, 15) is 43.2 Å². The van der Waals surface area contributed by atoms with Crippen molar-refractivity contribution in [3.8, 4) is 0 Å². The normalized spacial score (nSPS) is 14.4. The number of aliphatic hydroxyl groups is 1. The lowest BCUT2D eigenvalue weighted by molar-refractivity contribution is -0.161. The molecular weight excluding hydrogens is 1210 g/mol. The highest BCUT2D eigenvalue weighted by Gasteiger charge is 2.30. The molecule has 6 atom stereocenters. The number of carbonyl (C=O) groups is 4. The van der Waals surface area contributed by atoms with E-state index in [1.807, 2.05) is 0 Å². The minimum absolute atomic E-state index is 0.105. The van der Waals surface area contributed by atoms with Crippen LogP contribution in [0.25, 0.3) is 0 Å². The lowest BCUT2D eigenvalue weighted by Gasteiger charge is -2.21. The highest BCUT2D eigenvalue weighted by atomic mass is 31.2. The standard InChI is InChI=1S/C73H142O17P2/c1-8-10-11-37-47-54-70(75)83-60-68(89-72(77)57-50-43-36-30-24-23-27-33-40-46-53-66(7)9-2)62-87-91(79,80)85-58-67(74)59-86-92(81,82)88-63-69(61-84-71(76)55-48-41-34-28-22-18-20-26-32-39-45-52-65(5)6)90-73(78)56-49-42-35-29-21-17-15-13-12-14-16-19-25-31-38-44-51-64(3)4/h64-69,74H,8-63H2,1-7H3,(H,79,80)(H,81,82)/t66?,67-,68+,69+/m0/s1. The van der Waals surface area contributed by atoms with Crippen LogP contribution in [-0.4, -0.2) is 96.7 Å². The summed E-state index contributed by atoms with van der Waals surface area (Å²) in [6, 6.07) is 0. The van der Waals surface area contributed by atoms with Crippen LogP contribution in [0.1, 0.15) is 370 Å². The number of aliphatic hydroxyl groups excluding tert-OH is 1. The summed E-state index contributed by atoms with van der Waals surface area (Å²) >= 11 is 0. The highest BCUT2D eigenvalue weighted by Crippen LogP contribution is 2.45.